The molecule has 2 nitrogen and oxygen atoms in total. The molecule has 0 aliphatic heterocycles. The van der Waals surface area contributed by atoms with Gasteiger partial charge in [0.2, 0.25) is 0 Å². The van der Waals surface area contributed by atoms with Crippen molar-refractivity contribution < 1.29 is 26.9 Å². The average molecular weight is 306 g/mol. The maximum absolute atomic E-state index is 9.69. The van der Waals surface area contributed by atoms with Gasteiger partial charge in [-0.15, -0.1) is 0 Å². The Bertz CT molecular complexity index is 468. The Hall–Kier alpha value is -1.28. The predicted octanol–water partition coefficient (Wildman–Crippen LogP) is 3.71. The van der Waals surface area contributed by atoms with Crippen molar-refractivity contribution in [2.45, 2.75) is 26.1 Å². The van der Waals surface area contributed by atoms with Crippen LogP contribution in [0.5, 0.6) is 5.75 Å². The average Bonchev–Trinajstić information content (AvgIpc) is 2.46. The van der Waals surface area contributed by atoms with Gasteiger partial charge in [0, 0.05) is 17.1 Å². The van der Waals surface area contributed by atoms with Gasteiger partial charge in [0.15, 0.2) is 0 Å². The van der Waals surface area contributed by atoms with Gasteiger partial charge in [0.1, 0.15) is 12.4 Å². The zero-order valence-corrected chi connectivity index (χ0v) is 11.8. The first-order valence-electron chi connectivity index (χ1n) is 6.24. The third-order valence-corrected chi connectivity index (χ3v) is 2.90. The standard InChI is InChI=1S/C16H18O2.Cu/c1-2-16(17)14-8-10-15(11-9-14)18-12-13-6-4-3-5-7-13;/h3-11,16-17H,2,12H2,1H3;. The van der Waals surface area contributed by atoms with Gasteiger partial charge >= 0.3 is 0 Å². The molecule has 0 aliphatic rings. The first kappa shape index (κ1) is 15.8. The summed E-state index contributed by atoms with van der Waals surface area (Å²) in [5.41, 5.74) is 2.08. The summed E-state index contributed by atoms with van der Waals surface area (Å²) in [6, 6.07) is 17.7. The summed E-state index contributed by atoms with van der Waals surface area (Å²) < 4.78 is 5.68. The summed E-state index contributed by atoms with van der Waals surface area (Å²) in [6.45, 7) is 2.53. The molecular weight excluding hydrogens is 288 g/mol. The quantitative estimate of drug-likeness (QED) is 0.853. The summed E-state index contributed by atoms with van der Waals surface area (Å²) in [5.74, 6) is 0.825. The van der Waals surface area contributed by atoms with Crippen molar-refractivity contribution >= 4 is 0 Å². The van der Waals surface area contributed by atoms with Crippen LogP contribution in [0, 0.1) is 0 Å². The van der Waals surface area contributed by atoms with Gasteiger partial charge in [-0.05, 0) is 29.7 Å². The number of rotatable bonds is 5. The summed E-state index contributed by atoms with van der Waals surface area (Å²) in [4.78, 5) is 0. The molecule has 0 aliphatic carbocycles. The fraction of sp³-hybridized carbons (Fsp3) is 0.250. The van der Waals surface area contributed by atoms with Gasteiger partial charge in [-0.2, -0.15) is 0 Å². The van der Waals surface area contributed by atoms with Crippen molar-refractivity contribution in [3.8, 4) is 5.75 Å². The molecule has 0 heterocycles. The molecule has 2 aromatic carbocycles. The molecule has 0 amide bonds. The Kier molecular flexibility index (Phi) is 6.65. The molecule has 105 valence electrons. The number of hydrogen-bond acceptors (Lipinski definition) is 2. The molecule has 0 saturated carbocycles. The molecule has 1 N–H and O–H groups in total. The number of benzene rings is 2. The predicted molar refractivity (Wildman–Crippen MR) is 72.5 cm³/mol. The van der Waals surface area contributed by atoms with Crippen LogP contribution in [0.15, 0.2) is 54.6 Å². The SMILES string of the molecule is CCC(O)c1ccc(OCc2ccccc2)cc1.[Cu]. The molecule has 0 saturated heterocycles. The molecular formula is C16H18CuO2. The fourth-order valence-corrected chi connectivity index (χ4v) is 1.76. The normalized spacial score (nSPS) is 11.5. The van der Waals surface area contributed by atoms with E-state index >= 15 is 0 Å². The zero-order chi connectivity index (χ0) is 12.8. The minimum atomic E-state index is -0.381. The van der Waals surface area contributed by atoms with Crippen molar-refractivity contribution in [3.63, 3.8) is 0 Å². The van der Waals surface area contributed by atoms with E-state index in [1.165, 1.54) is 0 Å². The topological polar surface area (TPSA) is 29.5 Å². The monoisotopic (exact) mass is 305 g/mol. The van der Waals surface area contributed by atoms with Crippen LogP contribution in [0.25, 0.3) is 0 Å². The van der Waals surface area contributed by atoms with Crippen LogP contribution in [0.4, 0.5) is 0 Å². The second-order valence-electron chi connectivity index (χ2n) is 4.27. The molecule has 1 unspecified atom stereocenters. The minimum Gasteiger partial charge on any atom is -0.489 e. The maximum Gasteiger partial charge on any atom is 0.119 e. The van der Waals surface area contributed by atoms with Crippen molar-refractivity contribution in [3.05, 3.63) is 65.7 Å². The van der Waals surface area contributed by atoms with E-state index in [2.05, 4.69) is 0 Å². The van der Waals surface area contributed by atoms with Gasteiger partial charge in [0.05, 0.1) is 6.10 Å². The van der Waals surface area contributed by atoms with E-state index in [-0.39, 0.29) is 23.2 Å². The molecule has 1 radical (unpaired) electrons. The van der Waals surface area contributed by atoms with Crippen molar-refractivity contribution in [1.29, 1.82) is 0 Å². The second kappa shape index (κ2) is 8.00. The van der Waals surface area contributed by atoms with Crippen LogP contribution in [0.3, 0.4) is 0 Å². The van der Waals surface area contributed by atoms with Crippen LogP contribution in [-0.4, -0.2) is 5.11 Å². The van der Waals surface area contributed by atoms with Crippen molar-refractivity contribution in [1.82, 2.24) is 0 Å². The molecule has 2 rings (SSSR count). The van der Waals surface area contributed by atoms with E-state index in [1.807, 2.05) is 61.5 Å². The van der Waals surface area contributed by atoms with Crippen LogP contribution < -0.4 is 4.74 Å². The minimum absolute atomic E-state index is 0. The van der Waals surface area contributed by atoms with Crippen LogP contribution in [-0.2, 0) is 23.7 Å². The molecule has 3 heteroatoms. The number of aliphatic hydroxyl groups excluding tert-OH is 1. The first-order valence-corrected chi connectivity index (χ1v) is 6.24. The van der Waals surface area contributed by atoms with Gasteiger partial charge in [-0.3, -0.25) is 0 Å². The summed E-state index contributed by atoms with van der Waals surface area (Å²) in [7, 11) is 0. The van der Waals surface area contributed by atoms with Gasteiger partial charge in [-0.1, -0.05) is 49.4 Å². The number of hydrogen-bond donors (Lipinski definition) is 1. The Morgan fingerprint density at radius 2 is 1.63 bits per heavy atom. The molecule has 19 heavy (non-hydrogen) atoms. The summed E-state index contributed by atoms with van der Waals surface area (Å²) in [5, 5.41) is 9.69. The molecule has 1 atom stereocenters. The Morgan fingerprint density at radius 3 is 2.21 bits per heavy atom. The van der Waals surface area contributed by atoms with E-state index in [4.69, 9.17) is 4.74 Å². The van der Waals surface area contributed by atoms with E-state index in [9.17, 15) is 5.11 Å². The Morgan fingerprint density at radius 1 is 1.00 bits per heavy atom. The van der Waals surface area contributed by atoms with Crippen molar-refractivity contribution in [2.24, 2.45) is 0 Å². The zero-order valence-electron chi connectivity index (χ0n) is 10.8. The van der Waals surface area contributed by atoms with Crippen LogP contribution >= 0.6 is 0 Å². The maximum atomic E-state index is 9.69. The van der Waals surface area contributed by atoms with Gasteiger partial charge < -0.3 is 9.84 Å². The summed E-state index contributed by atoms with van der Waals surface area (Å²) in [6.07, 6.45) is 0.345. The molecule has 2 aromatic rings. The molecule has 0 bridgehead atoms. The van der Waals surface area contributed by atoms with Crippen LogP contribution in [0.1, 0.15) is 30.6 Å². The van der Waals surface area contributed by atoms with Gasteiger partial charge in [0.25, 0.3) is 0 Å². The smallest absolute Gasteiger partial charge is 0.119 e. The summed E-state index contributed by atoms with van der Waals surface area (Å²) >= 11 is 0. The van der Waals surface area contributed by atoms with Crippen LogP contribution in [0.2, 0.25) is 0 Å². The van der Waals surface area contributed by atoms with Crippen molar-refractivity contribution in [2.75, 3.05) is 0 Å². The largest absolute Gasteiger partial charge is 0.489 e. The molecule has 0 fully saturated rings. The Labute approximate surface area is 124 Å². The number of ether oxygens (including phenoxy) is 1. The van der Waals surface area contributed by atoms with Gasteiger partial charge in [-0.25, -0.2) is 0 Å². The van der Waals surface area contributed by atoms with E-state index in [0.29, 0.717) is 6.61 Å². The third-order valence-electron chi connectivity index (χ3n) is 2.90. The van der Waals surface area contributed by atoms with E-state index < -0.39 is 0 Å². The van der Waals surface area contributed by atoms with E-state index in [1.54, 1.807) is 0 Å². The molecule has 0 aromatic heterocycles. The number of aliphatic hydroxyl groups is 1. The third kappa shape index (κ3) is 4.71. The van der Waals surface area contributed by atoms with E-state index in [0.717, 1.165) is 23.3 Å². The first-order chi connectivity index (χ1) is 8.79. The second-order valence-corrected chi connectivity index (χ2v) is 4.27. The molecule has 0 spiro atoms. The Balaban J connectivity index is 0.00000180. The fourth-order valence-electron chi connectivity index (χ4n) is 1.76.